The SMILES string of the molecule is Cc1nc2cc[c]([Sn][C](C)(C)C)cc2[nH]1. The minimum absolute atomic E-state index is 0.491. The van der Waals surface area contributed by atoms with Gasteiger partial charge in [0.2, 0.25) is 0 Å². The van der Waals surface area contributed by atoms with E-state index >= 15 is 0 Å². The van der Waals surface area contributed by atoms with Crippen LogP contribution in [-0.2, 0) is 0 Å². The Kier molecular flexibility index (Phi) is 2.79. The summed E-state index contributed by atoms with van der Waals surface area (Å²) < 4.78 is 2.05. The van der Waals surface area contributed by atoms with E-state index in [4.69, 9.17) is 0 Å². The van der Waals surface area contributed by atoms with Crippen LogP contribution in [0.25, 0.3) is 11.0 Å². The van der Waals surface area contributed by atoms with Crippen molar-refractivity contribution >= 4 is 35.8 Å². The van der Waals surface area contributed by atoms with E-state index < -0.39 is 21.1 Å². The molecule has 3 heteroatoms. The van der Waals surface area contributed by atoms with Gasteiger partial charge < -0.3 is 0 Å². The van der Waals surface area contributed by atoms with Gasteiger partial charge in [-0.2, -0.15) is 0 Å². The van der Waals surface area contributed by atoms with Crippen molar-refractivity contribution in [3.63, 3.8) is 0 Å². The normalized spacial score (nSPS) is 12.3. The van der Waals surface area contributed by atoms with E-state index in [2.05, 4.69) is 48.9 Å². The van der Waals surface area contributed by atoms with Crippen molar-refractivity contribution < 1.29 is 0 Å². The summed E-state index contributed by atoms with van der Waals surface area (Å²) in [5.74, 6) is 1.00. The molecule has 0 unspecified atom stereocenters. The summed E-state index contributed by atoms with van der Waals surface area (Å²) in [6.45, 7) is 9.01. The number of aromatic amines is 1. The van der Waals surface area contributed by atoms with Gasteiger partial charge in [0.25, 0.3) is 0 Å². The number of nitrogens with zero attached hydrogens (tertiary/aromatic N) is 1. The fraction of sp³-hybridized carbons (Fsp3) is 0.417. The van der Waals surface area contributed by atoms with Crippen LogP contribution in [0.15, 0.2) is 18.2 Å². The number of nitrogens with one attached hydrogen (secondary N) is 1. The topological polar surface area (TPSA) is 28.7 Å². The average Bonchev–Trinajstić information content (AvgIpc) is 2.40. The van der Waals surface area contributed by atoms with Gasteiger partial charge in [-0.1, -0.05) is 0 Å². The molecule has 1 N–H and O–H groups in total. The van der Waals surface area contributed by atoms with Crippen LogP contribution in [0.3, 0.4) is 0 Å². The van der Waals surface area contributed by atoms with E-state index in [0.29, 0.717) is 3.43 Å². The number of aryl methyl sites for hydroxylation is 1. The molecule has 0 atom stereocenters. The van der Waals surface area contributed by atoms with Crippen LogP contribution in [0.4, 0.5) is 0 Å². The number of fused-ring (bicyclic) bond motifs is 1. The van der Waals surface area contributed by atoms with Crippen LogP contribution in [0, 0.1) is 6.92 Å². The van der Waals surface area contributed by atoms with Crippen LogP contribution >= 0.6 is 0 Å². The molecule has 1 aromatic carbocycles. The molecule has 2 aromatic rings. The Balaban J connectivity index is 2.38. The van der Waals surface area contributed by atoms with Crippen LogP contribution in [0.2, 0.25) is 3.43 Å². The summed E-state index contributed by atoms with van der Waals surface area (Å²) in [4.78, 5) is 7.71. The molecule has 0 saturated heterocycles. The van der Waals surface area contributed by atoms with Crippen LogP contribution in [-0.4, -0.2) is 31.1 Å². The zero-order chi connectivity index (χ0) is 11.1. The standard InChI is InChI=1S/C8H7N2.C4H9.Sn/c1-6-9-7-4-2-3-5-8(7)10-6;1-4(2)3;/h2,4-5H,1H3,(H,9,10);1-3H3;. The molecule has 0 aliphatic heterocycles. The number of aromatic nitrogens is 2. The number of hydrogen-bond donors (Lipinski definition) is 1. The molecule has 2 rings (SSSR count). The van der Waals surface area contributed by atoms with E-state index in [0.717, 1.165) is 11.3 Å². The first-order chi connectivity index (χ1) is 6.94. The van der Waals surface area contributed by atoms with Crippen molar-refractivity contribution in [1.29, 1.82) is 0 Å². The first-order valence-corrected chi connectivity index (χ1v) is 8.04. The molecular weight excluding hydrogens is 291 g/mol. The summed E-state index contributed by atoms with van der Waals surface area (Å²) in [5.41, 5.74) is 2.28. The summed E-state index contributed by atoms with van der Waals surface area (Å²) in [7, 11) is 0. The Hall–Kier alpha value is -0.511. The van der Waals surface area contributed by atoms with Gasteiger partial charge in [-0.3, -0.25) is 0 Å². The molecule has 1 heterocycles. The minimum atomic E-state index is -0.491. The predicted octanol–water partition coefficient (Wildman–Crippen LogP) is 2.42. The van der Waals surface area contributed by atoms with Gasteiger partial charge in [-0.25, -0.2) is 0 Å². The molecule has 1 aromatic heterocycles. The molecule has 0 aliphatic rings. The zero-order valence-electron chi connectivity index (χ0n) is 9.68. The van der Waals surface area contributed by atoms with E-state index in [1.165, 1.54) is 5.52 Å². The number of hydrogen-bond acceptors (Lipinski definition) is 1. The first kappa shape index (κ1) is 11.0. The fourth-order valence-corrected chi connectivity index (χ4v) is 5.21. The first-order valence-electron chi connectivity index (χ1n) is 5.19. The number of H-pyrrole nitrogens is 1. The third-order valence-electron chi connectivity index (χ3n) is 2.12. The number of rotatable bonds is 1. The monoisotopic (exact) mass is 308 g/mol. The van der Waals surface area contributed by atoms with Crippen molar-refractivity contribution in [2.75, 3.05) is 0 Å². The third-order valence-corrected chi connectivity index (χ3v) is 5.97. The number of imidazole rings is 1. The quantitative estimate of drug-likeness (QED) is 0.805. The molecule has 2 nitrogen and oxygen atoms in total. The molecule has 78 valence electrons. The van der Waals surface area contributed by atoms with Crippen molar-refractivity contribution in [3.05, 3.63) is 24.0 Å². The number of benzene rings is 1. The van der Waals surface area contributed by atoms with E-state index in [1.54, 1.807) is 3.58 Å². The van der Waals surface area contributed by atoms with Crippen LogP contribution in [0.5, 0.6) is 0 Å². The molecule has 0 aliphatic carbocycles. The Morgan fingerprint density at radius 1 is 1.27 bits per heavy atom. The van der Waals surface area contributed by atoms with Gasteiger partial charge >= 0.3 is 101 Å². The molecular formula is C12H16N2Sn. The molecule has 0 amide bonds. The second-order valence-electron chi connectivity index (χ2n) is 4.93. The molecule has 0 saturated carbocycles. The van der Waals surface area contributed by atoms with E-state index in [-0.39, 0.29) is 0 Å². The Bertz CT molecular complexity index is 480. The zero-order valence-corrected chi connectivity index (χ0v) is 12.5. The van der Waals surface area contributed by atoms with Crippen molar-refractivity contribution in [2.45, 2.75) is 31.1 Å². The van der Waals surface area contributed by atoms with Crippen molar-refractivity contribution in [2.24, 2.45) is 0 Å². The second-order valence-corrected chi connectivity index (χ2v) is 11.6. The van der Waals surface area contributed by atoms with Crippen LogP contribution in [0.1, 0.15) is 26.6 Å². The maximum atomic E-state index is 4.41. The van der Waals surface area contributed by atoms with E-state index in [9.17, 15) is 0 Å². The summed E-state index contributed by atoms with van der Waals surface area (Å²) in [6.07, 6.45) is 0. The Labute approximate surface area is 101 Å². The average molecular weight is 307 g/mol. The van der Waals surface area contributed by atoms with Gasteiger partial charge in [-0.05, 0) is 0 Å². The van der Waals surface area contributed by atoms with Crippen LogP contribution < -0.4 is 3.58 Å². The molecule has 0 bridgehead atoms. The van der Waals surface area contributed by atoms with Crippen molar-refractivity contribution in [3.8, 4) is 0 Å². The van der Waals surface area contributed by atoms with E-state index in [1.807, 2.05) is 6.92 Å². The summed E-state index contributed by atoms with van der Waals surface area (Å²) >= 11 is -0.491. The molecule has 15 heavy (non-hydrogen) atoms. The second kappa shape index (κ2) is 3.81. The van der Waals surface area contributed by atoms with Crippen molar-refractivity contribution in [1.82, 2.24) is 9.97 Å². The molecule has 0 fully saturated rings. The van der Waals surface area contributed by atoms with Gasteiger partial charge in [-0.15, -0.1) is 0 Å². The van der Waals surface area contributed by atoms with Gasteiger partial charge in [0.15, 0.2) is 0 Å². The maximum absolute atomic E-state index is 4.41. The fourth-order valence-electron chi connectivity index (χ4n) is 1.65. The van der Waals surface area contributed by atoms with Gasteiger partial charge in [0.1, 0.15) is 0 Å². The predicted molar refractivity (Wildman–Crippen MR) is 65.9 cm³/mol. The Morgan fingerprint density at radius 2 is 2.00 bits per heavy atom. The molecule has 0 spiro atoms. The molecule has 2 radical (unpaired) electrons. The van der Waals surface area contributed by atoms with Gasteiger partial charge in [0.05, 0.1) is 0 Å². The Morgan fingerprint density at radius 3 is 2.67 bits per heavy atom. The van der Waals surface area contributed by atoms with Gasteiger partial charge in [0, 0.05) is 0 Å². The summed E-state index contributed by atoms with van der Waals surface area (Å²) in [6, 6.07) is 6.67. The third kappa shape index (κ3) is 2.74. The summed E-state index contributed by atoms with van der Waals surface area (Å²) in [5, 5.41) is 0.